The summed E-state index contributed by atoms with van der Waals surface area (Å²) >= 11 is 0. The first kappa shape index (κ1) is 16.2. The maximum Gasteiger partial charge on any atom is 0.257 e. The van der Waals surface area contributed by atoms with Crippen LogP contribution < -0.4 is 4.90 Å². The molecule has 0 unspecified atom stereocenters. The molecular weight excluding hydrogens is 319 g/mol. The number of hydrogen-bond donors (Lipinski definition) is 0. The predicted octanol–water partition coefficient (Wildman–Crippen LogP) is 3.72. The molecule has 5 nitrogen and oxygen atoms in total. The molecule has 3 rings (SSSR count). The van der Waals surface area contributed by atoms with Crippen LogP contribution in [0.25, 0.3) is 16.7 Å². The summed E-state index contributed by atoms with van der Waals surface area (Å²) in [5.74, 6) is 0.639. The van der Waals surface area contributed by atoms with Crippen molar-refractivity contribution in [2.24, 2.45) is 0 Å². The van der Waals surface area contributed by atoms with E-state index >= 15 is 0 Å². The Morgan fingerprint density at radius 3 is 2.75 bits per heavy atom. The largest absolute Gasteiger partial charge is 0.324 e. The van der Waals surface area contributed by atoms with Gasteiger partial charge in [-0.15, -0.1) is 10.2 Å². The molecule has 0 aliphatic carbocycles. The second-order valence-corrected chi connectivity index (χ2v) is 5.41. The molecule has 0 fully saturated rings. The minimum Gasteiger partial charge on any atom is -0.324 e. The fourth-order valence-electron chi connectivity index (χ4n) is 2.64. The molecule has 0 saturated carbocycles. The van der Waals surface area contributed by atoms with Crippen molar-refractivity contribution in [2.75, 3.05) is 11.4 Å². The second kappa shape index (κ2) is 6.10. The number of fused-ring (bicyclic) bond motifs is 3. The molecule has 2 aromatic heterocycles. The summed E-state index contributed by atoms with van der Waals surface area (Å²) in [6.07, 6.45) is -0.866. The van der Waals surface area contributed by atoms with Crippen molar-refractivity contribution >= 4 is 22.5 Å². The fourth-order valence-corrected chi connectivity index (χ4v) is 2.64. The average Bonchev–Trinajstić information content (AvgIpc) is 2.92. The van der Waals surface area contributed by atoms with E-state index in [9.17, 15) is 13.2 Å². The normalized spacial score (nSPS) is 12.5. The smallest absolute Gasteiger partial charge is 0.257 e. The Bertz CT molecular complexity index is 932. The Kier molecular flexibility index (Phi) is 4.13. The monoisotopic (exact) mass is 335 g/mol. The van der Waals surface area contributed by atoms with Crippen LogP contribution in [0.5, 0.6) is 0 Å². The van der Waals surface area contributed by atoms with Crippen LogP contribution in [0.2, 0.25) is 0 Å². The van der Waals surface area contributed by atoms with Gasteiger partial charge in [0.15, 0.2) is 0 Å². The zero-order valence-corrected chi connectivity index (χ0v) is 13.5. The third kappa shape index (κ3) is 2.68. The zero-order chi connectivity index (χ0) is 17.4. The summed E-state index contributed by atoms with van der Waals surface area (Å²) in [6.45, 7) is 4.65. The first-order valence-electron chi connectivity index (χ1n) is 7.42. The lowest BCUT2D eigenvalue weighted by molar-refractivity contribution is 0.156. The number of rotatable bonds is 4. The predicted molar refractivity (Wildman–Crippen MR) is 85.8 cm³/mol. The number of aromatic nitrogens is 4. The number of aryl methyl sites for hydroxylation is 1. The summed E-state index contributed by atoms with van der Waals surface area (Å²) in [5, 5.41) is 8.37. The number of hydrogen-bond acceptors (Lipinski definition) is 4. The van der Waals surface area contributed by atoms with E-state index in [1.54, 1.807) is 37.3 Å². The molecule has 126 valence electrons. The lowest BCUT2D eigenvalue weighted by Gasteiger charge is -2.25. The van der Waals surface area contributed by atoms with Gasteiger partial charge in [-0.1, -0.05) is 6.08 Å². The Morgan fingerprint density at radius 2 is 2.08 bits per heavy atom. The number of anilines is 1. The summed E-state index contributed by atoms with van der Waals surface area (Å²) in [7, 11) is 0. The third-order valence-corrected chi connectivity index (χ3v) is 3.87. The molecule has 0 atom stereocenters. The third-order valence-electron chi connectivity index (χ3n) is 3.87. The molecule has 2 heterocycles. The highest BCUT2D eigenvalue weighted by Gasteiger charge is 2.21. The minimum atomic E-state index is -2.57. The highest BCUT2D eigenvalue weighted by Crippen LogP contribution is 2.30. The molecule has 0 amide bonds. The van der Waals surface area contributed by atoms with Gasteiger partial charge < -0.3 is 4.90 Å². The van der Waals surface area contributed by atoms with Crippen molar-refractivity contribution in [2.45, 2.75) is 27.2 Å². The molecule has 1 aromatic carbocycles. The van der Waals surface area contributed by atoms with Crippen LogP contribution >= 0.6 is 0 Å². The number of benzene rings is 1. The van der Waals surface area contributed by atoms with Crippen molar-refractivity contribution in [3.05, 3.63) is 41.6 Å². The van der Waals surface area contributed by atoms with E-state index in [0.29, 0.717) is 22.4 Å². The number of allylic oxidation sites excluding steroid dienone is 2. The maximum atomic E-state index is 13.8. The maximum absolute atomic E-state index is 13.8. The highest BCUT2D eigenvalue weighted by atomic mass is 19.3. The van der Waals surface area contributed by atoms with Crippen LogP contribution in [-0.4, -0.2) is 32.6 Å². The lowest BCUT2D eigenvalue weighted by Crippen LogP contribution is -2.28. The average molecular weight is 335 g/mol. The van der Waals surface area contributed by atoms with Crippen molar-refractivity contribution in [1.29, 1.82) is 0 Å². The van der Waals surface area contributed by atoms with Crippen LogP contribution in [0.1, 0.15) is 19.7 Å². The lowest BCUT2D eigenvalue weighted by atomic mass is 10.2. The van der Waals surface area contributed by atoms with Gasteiger partial charge in [0.05, 0.1) is 12.1 Å². The van der Waals surface area contributed by atoms with Gasteiger partial charge >= 0.3 is 0 Å². The van der Waals surface area contributed by atoms with Crippen molar-refractivity contribution in [3.8, 4) is 0 Å². The number of halogens is 3. The van der Waals surface area contributed by atoms with Crippen molar-refractivity contribution in [3.63, 3.8) is 0 Å². The Morgan fingerprint density at radius 1 is 1.33 bits per heavy atom. The molecule has 0 radical (unpaired) electrons. The first-order valence-corrected chi connectivity index (χ1v) is 7.42. The number of nitrogens with zero attached hydrogens (tertiary/aromatic N) is 5. The summed E-state index contributed by atoms with van der Waals surface area (Å²) in [5.41, 5.74) is 1.20. The molecular formula is C16H16F3N5. The molecule has 0 aliphatic rings. The van der Waals surface area contributed by atoms with Crippen molar-refractivity contribution < 1.29 is 13.2 Å². The van der Waals surface area contributed by atoms with E-state index in [1.807, 2.05) is 0 Å². The molecule has 0 N–H and O–H groups in total. The molecule has 8 heteroatoms. The molecule has 0 saturated heterocycles. The van der Waals surface area contributed by atoms with Crippen LogP contribution in [0.3, 0.4) is 0 Å². The minimum absolute atomic E-state index is 0.236. The summed E-state index contributed by atoms with van der Waals surface area (Å²) < 4.78 is 41.6. The van der Waals surface area contributed by atoms with Crippen LogP contribution in [0.15, 0.2) is 30.0 Å². The molecule has 3 aromatic rings. The Balaban J connectivity index is 2.37. The van der Waals surface area contributed by atoms with Gasteiger partial charge in [-0.2, -0.15) is 4.98 Å². The van der Waals surface area contributed by atoms with E-state index in [0.717, 1.165) is 0 Å². The van der Waals surface area contributed by atoms with E-state index in [1.165, 1.54) is 17.0 Å². The van der Waals surface area contributed by atoms with Crippen molar-refractivity contribution in [1.82, 2.24) is 19.6 Å². The van der Waals surface area contributed by atoms with Gasteiger partial charge in [0, 0.05) is 11.1 Å². The molecule has 0 spiro atoms. The van der Waals surface area contributed by atoms with Crippen LogP contribution in [0, 0.1) is 12.7 Å². The summed E-state index contributed by atoms with van der Waals surface area (Å²) in [6, 6.07) is 4.17. The SMILES string of the molecule is C/C=C(\C)N(CC(F)F)c1nc2nnc(C)n2c2ccc(F)cc12. The van der Waals surface area contributed by atoms with E-state index in [-0.39, 0.29) is 11.6 Å². The Labute approximate surface area is 136 Å². The second-order valence-electron chi connectivity index (χ2n) is 5.41. The van der Waals surface area contributed by atoms with Gasteiger partial charge in [0.2, 0.25) is 0 Å². The number of alkyl halides is 2. The quantitative estimate of drug-likeness (QED) is 0.729. The molecule has 24 heavy (non-hydrogen) atoms. The Hall–Kier alpha value is -2.64. The van der Waals surface area contributed by atoms with Gasteiger partial charge in [-0.25, -0.2) is 13.2 Å². The zero-order valence-electron chi connectivity index (χ0n) is 13.5. The van der Waals surface area contributed by atoms with E-state index in [2.05, 4.69) is 15.2 Å². The standard InChI is InChI=1S/C16H16F3N5/c1-4-9(2)23(8-14(18)19)15-12-7-11(17)5-6-13(12)24-10(3)21-22-16(24)20-15/h4-7,14H,8H2,1-3H3/b9-4+. The first-order chi connectivity index (χ1) is 11.4. The van der Waals surface area contributed by atoms with Gasteiger partial charge in [0.1, 0.15) is 17.5 Å². The van der Waals surface area contributed by atoms with E-state index in [4.69, 9.17) is 0 Å². The highest BCUT2D eigenvalue weighted by molar-refractivity contribution is 5.92. The summed E-state index contributed by atoms with van der Waals surface area (Å²) in [4.78, 5) is 5.73. The van der Waals surface area contributed by atoms with Crippen LogP contribution in [0.4, 0.5) is 19.0 Å². The molecule has 0 bridgehead atoms. The van der Waals surface area contributed by atoms with E-state index < -0.39 is 18.8 Å². The topological polar surface area (TPSA) is 46.3 Å². The fraction of sp³-hybridized carbons (Fsp3) is 0.312. The van der Waals surface area contributed by atoms with Gasteiger partial charge in [-0.05, 0) is 39.0 Å². The van der Waals surface area contributed by atoms with Crippen LogP contribution in [-0.2, 0) is 0 Å². The molecule has 0 aliphatic heterocycles. The van der Waals surface area contributed by atoms with Gasteiger partial charge in [-0.3, -0.25) is 4.40 Å². The van der Waals surface area contributed by atoms with Gasteiger partial charge in [0.25, 0.3) is 12.2 Å².